The van der Waals surface area contributed by atoms with Crippen LogP contribution in [0.1, 0.15) is 29.5 Å². The fourth-order valence-corrected chi connectivity index (χ4v) is 7.08. The predicted octanol–water partition coefficient (Wildman–Crippen LogP) is 7.10. The van der Waals surface area contributed by atoms with E-state index in [1.165, 1.54) is 0 Å². The Balaban J connectivity index is 1.19. The first-order valence-electron chi connectivity index (χ1n) is 17.9. The lowest BCUT2D eigenvalue weighted by Crippen LogP contribution is -2.47. The van der Waals surface area contributed by atoms with Crippen LogP contribution in [0.25, 0.3) is 22.4 Å². The minimum Gasteiger partial charge on any atom is -0.493 e. The van der Waals surface area contributed by atoms with Crippen molar-refractivity contribution in [1.82, 2.24) is 19.8 Å². The summed E-state index contributed by atoms with van der Waals surface area (Å²) in [5.74, 6) is 3.46. The second-order valence-electron chi connectivity index (χ2n) is 13.2. The van der Waals surface area contributed by atoms with Gasteiger partial charge in [0.05, 0.1) is 54.8 Å². The molecule has 11 nitrogen and oxygen atoms in total. The highest BCUT2D eigenvalue weighted by molar-refractivity contribution is 5.79. The first kappa shape index (κ1) is 37.9. The van der Waals surface area contributed by atoms with Gasteiger partial charge >= 0.3 is 0 Å². The molecule has 1 aliphatic rings. The van der Waals surface area contributed by atoms with Crippen LogP contribution in [0.3, 0.4) is 0 Å². The zero-order valence-electron chi connectivity index (χ0n) is 31.8. The van der Waals surface area contributed by atoms with Gasteiger partial charge in [-0.25, -0.2) is 0 Å². The van der Waals surface area contributed by atoms with Gasteiger partial charge in [-0.1, -0.05) is 30.3 Å². The van der Waals surface area contributed by atoms with Crippen molar-refractivity contribution in [3.8, 4) is 56.9 Å². The highest BCUT2D eigenvalue weighted by atomic mass is 16.5. The van der Waals surface area contributed by atoms with Gasteiger partial charge in [0.1, 0.15) is 0 Å². The number of carbonyl (C=O) groups excluding carboxylic acids is 1. The Labute approximate surface area is 317 Å². The van der Waals surface area contributed by atoms with E-state index in [4.69, 9.17) is 28.4 Å². The van der Waals surface area contributed by atoms with Crippen molar-refractivity contribution in [3.05, 3.63) is 108 Å². The summed E-state index contributed by atoms with van der Waals surface area (Å²) in [6.07, 6.45) is 7.53. The van der Waals surface area contributed by atoms with Gasteiger partial charge in [0.2, 0.25) is 17.4 Å². The molecule has 1 fully saturated rings. The number of carbonyl (C=O) groups is 1. The molecule has 3 heterocycles. The van der Waals surface area contributed by atoms with Gasteiger partial charge in [0.15, 0.2) is 23.0 Å². The molecular formula is C43H48N4O7. The summed E-state index contributed by atoms with van der Waals surface area (Å²) in [6.45, 7) is 2.92. The molecule has 1 amide bonds. The van der Waals surface area contributed by atoms with E-state index in [0.29, 0.717) is 47.5 Å². The fraction of sp³-hybridized carbons (Fsp3) is 0.326. The summed E-state index contributed by atoms with van der Waals surface area (Å²) < 4.78 is 33.4. The van der Waals surface area contributed by atoms with Crippen LogP contribution in [0.15, 0.2) is 91.4 Å². The van der Waals surface area contributed by atoms with E-state index >= 15 is 0 Å². The Morgan fingerprint density at radius 3 is 1.83 bits per heavy atom. The Kier molecular flexibility index (Phi) is 12.5. The first-order chi connectivity index (χ1) is 26.4. The Hall–Kier alpha value is -5.81. The van der Waals surface area contributed by atoms with Crippen molar-refractivity contribution < 1.29 is 33.2 Å². The van der Waals surface area contributed by atoms with Crippen LogP contribution in [0.2, 0.25) is 0 Å². The number of aromatic nitrogens is 2. The summed E-state index contributed by atoms with van der Waals surface area (Å²) in [6, 6.07) is 23.9. The number of hydrogen-bond donors (Lipinski definition) is 0. The van der Waals surface area contributed by atoms with E-state index in [1.54, 1.807) is 42.7 Å². The molecule has 5 aromatic rings. The summed E-state index contributed by atoms with van der Waals surface area (Å²) in [5, 5.41) is 0. The average molecular weight is 733 g/mol. The Morgan fingerprint density at radius 2 is 1.26 bits per heavy atom. The number of pyridine rings is 2. The van der Waals surface area contributed by atoms with Crippen LogP contribution >= 0.6 is 0 Å². The minimum absolute atomic E-state index is 0.0783. The van der Waals surface area contributed by atoms with Crippen LogP contribution < -0.4 is 28.4 Å². The molecular weight excluding hydrogens is 684 g/mol. The molecule has 282 valence electrons. The first-order valence-corrected chi connectivity index (χ1v) is 17.9. The zero-order valence-corrected chi connectivity index (χ0v) is 31.8. The van der Waals surface area contributed by atoms with Gasteiger partial charge in [-0.15, -0.1) is 0 Å². The van der Waals surface area contributed by atoms with Gasteiger partial charge in [0, 0.05) is 61.9 Å². The normalized spacial score (nSPS) is 13.2. The zero-order chi connectivity index (χ0) is 38.0. The van der Waals surface area contributed by atoms with Gasteiger partial charge in [-0.3, -0.25) is 19.7 Å². The topological polar surface area (TPSA) is 105 Å². The number of hydrogen-bond acceptors (Lipinski definition) is 10. The molecule has 11 heteroatoms. The third-order valence-corrected chi connectivity index (χ3v) is 9.85. The van der Waals surface area contributed by atoms with E-state index in [-0.39, 0.29) is 11.9 Å². The number of benzene rings is 3. The Morgan fingerprint density at radius 1 is 0.667 bits per heavy atom. The van der Waals surface area contributed by atoms with Crippen LogP contribution in [-0.2, 0) is 24.3 Å². The molecule has 3 aromatic carbocycles. The maximum Gasteiger partial charge on any atom is 0.227 e. The van der Waals surface area contributed by atoms with E-state index in [1.807, 2.05) is 73.2 Å². The quantitative estimate of drug-likeness (QED) is 0.111. The van der Waals surface area contributed by atoms with Gasteiger partial charge in [0.25, 0.3) is 0 Å². The molecule has 1 aliphatic heterocycles. The molecule has 54 heavy (non-hydrogen) atoms. The molecule has 6 rings (SSSR count). The monoisotopic (exact) mass is 732 g/mol. The summed E-state index contributed by atoms with van der Waals surface area (Å²) in [4.78, 5) is 27.8. The van der Waals surface area contributed by atoms with Crippen molar-refractivity contribution >= 4 is 5.91 Å². The van der Waals surface area contributed by atoms with E-state index in [9.17, 15) is 4.79 Å². The highest BCUT2D eigenvalue weighted by Crippen LogP contribution is 2.42. The molecule has 0 radical (unpaired) electrons. The molecule has 1 saturated heterocycles. The average Bonchev–Trinajstić information content (AvgIpc) is 3.22. The van der Waals surface area contributed by atoms with Crippen LogP contribution in [-0.4, -0.2) is 87.5 Å². The molecule has 0 N–H and O–H groups in total. The van der Waals surface area contributed by atoms with Crippen molar-refractivity contribution in [3.63, 3.8) is 0 Å². The van der Waals surface area contributed by atoms with Crippen LogP contribution in [0.5, 0.6) is 34.5 Å². The summed E-state index contributed by atoms with van der Waals surface area (Å²) in [5.41, 5.74) is 6.55. The maximum absolute atomic E-state index is 14.1. The Bertz CT molecular complexity index is 1980. The number of likely N-dealkylation sites (tertiary alicyclic amines) is 1. The third kappa shape index (κ3) is 8.69. The molecule has 2 aromatic heterocycles. The predicted molar refractivity (Wildman–Crippen MR) is 208 cm³/mol. The van der Waals surface area contributed by atoms with Crippen molar-refractivity contribution in [2.24, 2.45) is 0 Å². The van der Waals surface area contributed by atoms with Gasteiger partial charge < -0.3 is 33.3 Å². The lowest BCUT2D eigenvalue weighted by Gasteiger charge is -2.39. The van der Waals surface area contributed by atoms with Crippen LogP contribution in [0, 0.1) is 0 Å². The fourth-order valence-electron chi connectivity index (χ4n) is 7.08. The van der Waals surface area contributed by atoms with E-state index < -0.39 is 0 Å². The largest absolute Gasteiger partial charge is 0.493 e. The number of methoxy groups -OCH3 is 6. The molecule has 0 bridgehead atoms. The smallest absolute Gasteiger partial charge is 0.227 e. The molecule has 0 spiro atoms. The second kappa shape index (κ2) is 17.8. The number of nitrogens with zero attached hydrogens (tertiary/aromatic N) is 4. The van der Waals surface area contributed by atoms with Crippen LogP contribution in [0.4, 0.5) is 0 Å². The standard InChI is InChI=1S/C43H48N4O7/c1-49-37-21-32(22-38(50-2)42(37)53-5)34-18-31(25-44-26-34)28-47(41(48)20-29-10-8-7-9-11-29)35-13-16-46(17-14-35)27-30-12-15-45-36(19-30)33-23-39(51-3)43(54-6)40(24-33)52-4/h7-12,15,18-19,21-26,35H,13-14,16-17,20,27-28H2,1-6H3. The van der Waals surface area contributed by atoms with Gasteiger partial charge in [-0.05, 0) is 77.6 Å². The minimum atomic E-state index is 0.0783. The molecule has 0 saturated carbocycles. The molecule has 0 atom stereocenters. The van der Waals surface area contributed by atoms with Crippen molar-refractivity contribution in [2.75, 3.05) is 55.7 Å². The number of piperidine rings is 1. The third-order valence-electron chi connectivity index (χ3n) is 9.85. The van der Waals surface area contributed by atoms with Crippen molar-refractivity contribution in [2.45, 2.75) is 38.4 Å². The molecule has 0 unspecified atom stereocenters. The van der Waals surface area contributed by atoms with E-state index in [2.05, 4.69) is 38.0 Å². The summed E-state index contributed by atoms with van der Waals surface area (Å²) in [7, 11) is 9.59. The molecule has 0 aliphatic carbocycles. The number of ether oxygens (including phenoxy) is 6. The number of rotatable bonds is 15. The maximum atomic E-state index is 14.1. The SMILES string of the molecule is COc1cc(-c2cncc(CN(C(=O)Cc3ccccc3)C3CCN(Cc4ccnc(-c5cc(OC)c(OC)c(OC)c5)c4)CC3)c2)cc(OC)c1OC. The number of amides is 1. The summed E-state index contributed by atoms with van der Waals surface area (Å²) >= 11 is 0. The van der Waals surface area contributed by atoms with E-state index in [0.717, 1.165) is 71.6 Å². The second-order valence-corrected chi connectivity index (χ2v) is 13.2. The lowest BCUT2D eigenvalue weighted by atomic mass is 9.99. The van der Waals surface area contributed by atoms with Gasteiger partial charge in [-0.2, -0.15) is 0 Å². The highest BCUT2D eigenvalue weighted by Gasteiger charge is 2.29. The van der Waals surface area contributed by atoms with Crippen molar-refractivity contribution in [1.29, 1.82) is 0 Å². The lowest BCUT2D eigenvalue weighted by molar-refractivity contribution is -0.134.